The average Bonchev–Trinajstić information content (AvgIpc) is 2.38. The predicted octanol–water partition coefficient (Wildman–Crippen LogP) is 1.33. The van der Waals surface area contributed by atoms with Gasteiger partial charge in [0.2, 0.25) is 0 Å². The summed E-state index contributed by atoms with van der Waals surface area (Å²) >= 11 is 0. The first-order valence-corrected chi connectivity index (χ1v) is 5.25. The van der Waals surface area contributed by atoms with Crippen LogP contribution in [0.15, 0.2) is 36.8 Å². The van der Waals surface area contributed by atoms with Gasteiger partial charge in [-0.2, -0.15) is 0 Å². The van der Waals surface area contributed by atoms with Gasteiger partial charge in [0.25, 0.3) is 5.91 Å². The lowest BCUT2D eigenvalue weighted by atomic mass is 10.1. The molecule has 1 amide bonds. The number of anilines is 1. The zero-order valence-corrected chi connectivity index (χ0v) is 9.43. The first-order valence-electron chi connectivity index (χ1n) is 5.25. The van der Waals surface area contributed by atoms with Crippen LogP contribution in [0.1, 0.15) is 16.1 Å². The van der Waals surface area contributed by atoms with Gasteiger partial charge in [0.05, 0.1) is 17.8 Å². The number of carbonyl (C=O) groups is 1. The van der Waals surface area contributed by atoms with E-state index >= 15 is 0 Å². The van der Waals surface area contributed by atoms with Crippen molar-refractivity contribution in [3.05, 3.63) is 53.9 Å². The van der Waals surface area contributed by atoms with Crippen LogP contribution in [0.3, 0.4) is 0 Å². The summed E-state index contributed by atoms with van der Waals surface area (Å²) in [7, 11) is 0. The monoisotopic (exact) mass is 246 g/mol. The number of amides is 1. The van der Waals surface area contributed by atoms with Crippen LogP contribution in [-0.2, 0) is 6.54 Å². The number of carbonyl (C=O) groups excluding carboxylic acids is 1. The molecule has 0 atom stereocenters. The molecule has 0 spiro atoms. The van der Waals surface area contributed by atoms with Crippen molar-refractivity contribution in [2.75, 3.05) is 5.32 Å². The molecule has 6 heteroatoms. The molecule has 0 aliphatic rings. The number of nitrogens with zero attached hydrogens (tertiary/aromatic N) is 2. The molecule has 18 heavy (non-hydrogen) atoms. The molecule has 0 saturated heterocycles. The highest BCUT2D eigenvalue weighted by molar-refractivity contribution is 5.94. The Balaban J connectivity index is 2.11. The minimum atomic E-state index is -0.793. The molecule has 0 saturated carbocycles. The minimum absolute atomic E-state index is 0.136. The maximum Gasteiger partial charge on any atom is 0.251 e. The summed E-state index contributed by atoms with van der Waals surface area (Å²) < 4.78 is 13.2. The van der Waals surface area contributed by atoms with E-state index in [-0.39, 0.29) is 5.56 Å². The van der Waals surface area contributed by atoms with Gasteiger partial charge in [-0.05, 0) is 24.3 Å². The first kappa shape index (κ1) is 12.0. The quantitative estimate of drug-likeness (QED) is 0.852. The molecule has 0 bridgehead atoms. The molecule has 5 nitrogen and oxygen atoms in total. The van der Waals surface area contributed by atoms with E-state index < -0.39 is 11.7 Å². The van der Waals surface area contributed by atoms with Gasteiger partial charge in [0.1, 0.15) is 12.1 Å². The molecule has 1 aromatic heterocycles. The van der Waals surface area contributed by atoms with E-state index in [1.165, 1.54) is 24.5 Å². The zero-order chi connectivity index (χ0) is 13.0. The van der Waals surface area contributed by atoms with E-state index in [9.17, 15) is 9.18 Å². The second kappa shape index (κ2) is 5.22. The highest BCUT2D eigenvalue weighted by Gasteiger charge is 2.08. The third-order valence-corrected chi connectivity index (χ3v) is 2.35. The number of aromatic nitrogens is 2. The summed E-state index contributed by atoms with van der Waals surface area (Å²) in [6.07, 6.45) is 3.07. The van der Waals surface area contributed by atoms with Gasteiger partial charge in [-0.1, -0.05) is 0 Å². The highest BCUT2D eigenvalue weighted by Crippen LogP contribution is 2.14. The van der Waals surface area contributed by atoms with Crippen LogP contribution in [0.5, 0.6) is 0 Å². The van der Waals surface area contributed by atoms with Crippen molar-refractivity contribution in [2.24, 2.45) is 5.73 Å². The van der Waals surface area contributed by atoms with Crippen LogP contribution < -0.4 is 11.1 Å². The molecular formula is C12H11FN4O. The third-order valence-electron chi connectivity index (χ3n) is 2.35. The Morgan fingerprint density at radius 3 is 2.89 bits per heavy atom. The van der Waals surface area contributed by atoms with Crippen molar-refractivity contribution in [2.45, 2.75) is 6.54 Å². The molecule has 1 heterocycles. The summed E-state index contributed by atoms with van der Waals surface area (Å²) in [4.78, 5) is 18.8. The SMILES string of the molecule is NC(=O)c1cc(NCc2ccncn2)ccc1F. The van der Waals surface area contributed by atoms with Crippen molar-refractivity contribution in [3.63, 3.8) is 0 Å². The molecule has 0 fully saturated rings. The van der Waals surface area contributed by atoms with Crippen LogP contribution >= 0.6 is 0 Å². The fourth-order valence-electron chi connectivity index (χ4n) is 1.44. The van der Waals surface area contributed by atoms with Crippen molar-refractivity contribution < 1.29 is 9.18 Å². The lowest BCUT2D eigenvalue weighted by Gasteiger charge is -2.07. The number of halogens is 1. The molecule has 92 valence electrons. The number of rotatable bonds is 4. The van der Waals surface area contributed by atoms with E-state index in [1.807, 2.05) is 0 Å². The Labute approximate surface area is 103 Å². The Bertz CT molecular complexity index is 559. The lowest BCUT2D eigenvalue weighted by Crippen LogP contribution is -2.13. The molecule has 2 rings (SSSR count). The summed E-state index contributed by atoms with van der Waals surface area (Å²) in [6.45, 7) is 0.451. The number of primary amides is 1. The van der Waals surface area contributed by atoms with Gasteiger partial charge < -0.3 is 11.1 Å². The number of nitrogens with one attached hydrogen (secondary N) is 1. The highest BCUT2D eigenvalue weighted by atomic mass is 19.1. The second-order valence-electron chi connectivity index (χ2n) is 3.61. The lowest BCUT2D eigenvalue weighted by molar-refractivity contribution is 0.0996. The van der Waals surface area contributed by atoms with Crippen LogP contribution in [-0.4, -0.2) is 15.9 Å². The molecule has 1 aromatic carbocycles. The molecule has 0 aliphatic heterocycles. The summed E-state index contributed by atoms with van der Waals surface area (Å²) in [5.74, 6) is -1.42. The zero-order valence-electron chi connectivity index (χ0n) is 9.43. The third kappa shape index (κ3) is 2.79. The average molecular weight is 246 g/mol. The maximum atomic E-state index is 13.2. The first-order chi connectivity index (χ1) is 8.66. The predicted molar refractivity (Wildman–Crippen MR) is 64.3 cm³/mol. The Hall–Kier alpha value is -2.50. The smallest absolute Gasteiger partial charge is 0.251 e. The Morgan fingerprint density at radius 1 is 1.39 bits per heavy atom. The second-order valence-corrected chi connectivity index (χ2v) is 3.61. The fraction of sp³-hybridized carbons (Fsp3) is 0.0833. The van der Waals surface area contributed by atoms with E-state index in [1.54, 1.807) is 12.3 Å². The molecule has 2 aromatic rings. The standard InChI is InChI=1S/C12H11FN4O/c13-11-2-1-8(5-10(11)12(14)18)16-6-9-3-4-15-7-17-9/h1-5,7,16H,6H2,(H2,14,18). The summed E-state index contributed by atoms with van der Waals surface area (Å²) in [5.41, 5.74) is 6.31. The van der Waals surface area contributed by atoms with Crippen LogP contribution in [0.4, 0.5) is 10.1 Å². The van der Waals surface area contributed by atoms with Gasteiger partial charge >= 0.3 is 0 Å². The fourth-order valence-corrected chi connectivity index (χ4v) is 1.44. The number of benzene rings is 1. The molecule has 0 unspecified atom stereocenters. The Morgan fingerprint density at radius 2 is 2.22 bits per heavy atom. The van der Waals surface area contributed by atoms with Crippen molar-refractivity contribution in [1.82, 2.24) is 9.97 Å². The molecule has 0 radical (unpaired) electrons. The Kier molecular flexibility index (Phi) is 3.47. The number of nitrogens with two attached hydrogens (primary N) is 1. The topological polar surface area (TPSA) is 80.9 Å². The minimum Gasteiger partial charge on any atom is -0.379 e. The van der Waals surface area contributed by atoms with Crippen molar-refractivity contribution in [3.8, 4) is 0 Å². The van der Waals surface area contributed by atoms with E-state index in [2.05, 4.69) is 15.3 Å². The summed E-state index contributed by atoms with van der Waals surface area (Å²) in [5, 5.41) is 3.02. The van der Waals surface area contributed by atoms with Gasteiger partial charge in [-0.3, -0.25) is 4.79 Å². The van der Waals surface area contributed by atoms with Gasteiger partial charge in [0, 0.05) is 11.9 Å². The normalized spacial score (nSPS) is 10.1. The molecular weight excluding hydrogens is 235 g/mol. The van der Waals surface area contributed by atoms with E-state index in [4.69, 9.17) is 5.73 Å². The molecule has 0 aliphatic carbocycles. The molecule has 3 N–H and O–H groups in total. The maximum absolute atomic E-state index is 13.2. The van der Waals surface area contributed by atoms with E-state index in [0.29, 0.717) is 12.2 Å². The van der Waals surface area contributed by atoms with E-state index in [0.717, 1.165) is 5.69 Å². The number of hydrogen-bond acceptors (Lipinski definition) is 4. The van der Waals surface area contributed by atoms with Gasteiger partial charge in [0.15, 0.2) is 0 Å². The van der Waals surface area contributed by atoms with Gasteiger partial charge in [-0.25, -0.2) is 14.4 Å². The van der Waals surface area contributed by atoms with Gasteiger partial charge in [-0.15, -0.1) is 0 Å². The summed E-state index contributed by atoms with van der Waals surface area (Å²) in [6, 6.07) is 5.86. The number of hydrogen-bond donors (Lipinski definition) is 2. The van der Waals surface area contributed by atoms with Crippen molar-refractivity contribution in [1.29, 1.82) is 0 Å². The van der Waals surface area contributed by atoms with Crippen LogP contribution in [0.2, 0.25) is 0 Å². The van der Waals surface area contributed by atoms with Crippen molar-refractivity contribution >= 4 is 11.6 Å². The largest absolute Gasteiger partial charge is 0.379 e. The van der Waals surface area contributed by atoms with Crippen LogP contribution in [0, 0.1) is 5.82 Å². The van der Waals surface area contributed by atoms with Crippen LogP contribution in [0.25, 0.3) is 0 Å².